The number of hydrogen-bond acceptors (Lipinski definition) is 4. The molecule has 0 saturated carbocycles. The second-order valence-corrected chi connectivity index (χ2v) is 6.27. The third-order valence-corrected chi connectivity index (χ3v) is 4.21. The summed E-state index contributed by atoms with van der Waals surface area (Å²) in [6.45, 7) is 3.70. The topological polar surface area (TPSA) is 68.0 Å². The van der Waals surface area contributed by atoms with Gasteiger partial charge in [-0.05, 0) is 41.8 Å². The van der Waals surface area contributed by atoms with Crippen molar-refractivity contribution in [1.82, 2.24) is 15.5 Å². The Bertz CT molecular complexity index is 995. The SMILES string of the molecule is C=CC(=O)NCCc1nnc(-c2ccccc2Cc2ccc(C(F)(F)F)cc2)o1. The summed E-state index contributed by atoms with van der Waals surface area (Å²) in [5.41, 5.74) is 1.61. The number of carbonyl (C=O) groups is 1. The summed E-state index contributed by atoms with van der Waals surface area (Å²) >= 11 is 0. The molecule has 0 aliphatic rings. The first kappa shape index (κ1) is 20.3. The Kier molecular flexibility index (Phi) is 6.11. The van der Waals surface area contributed by atoms with Crippen LogP contribution in [-0.4, -0.2) is 22.6 Å². The summed E-state index contributed by atoms with van der Waals surface area (Å²) in [6, 6.07) is 12.4. The lowest BCUT2D eigenvalue weighted by Gasteiger charge is -2.09. The number of benzene rings is 2. The zero-order chi connectivity index (χ0) is 20.9. The van der Waals surface area contributed by atoms with Crippen LogP contribution in [0.4, 0.5) is 13.2 Å². The maximum Gasteiger partial charge on any atom is 0.416 e. The van der Waals surface area contributed by atoms with Gasteiger partial charge in [-0.25, -0.2) is 0 Å². The van der Waals surface area contributed by atoms with Gasteiger partial charge in [-0.2, -0.15) is 13.2 Å². The van der Waals surface area contributed by atoms with E-state index in [2.05, 4.69) is 22.1 Å². The van der Waals surface area contributed by atoms with Gasteiger partial charge >= 0.3 is 6.18 Å². The third-order valence-electron chi connectivity index (χ3n) is 4.21. The van der Waals surface area contributed by atoms with Crippen molar-refractivity contribution >= 4 is 5.91 Å². The van der Waals surface area contributed by atoms with Gasteiger partial charge in [0.1, 0.15) is 0 Å². The zero-order valence-corrected chi connectivity index (χ0v) is 15.4. The molecule has 3 rings (SSSR count). The third kappa shape index (κ3) is 5.31. The van der Waals surface area contributed by atoms with Gasteiger partial charge in [-0.15, -0.1) is 10.2 Å². The average molecular weight is 401 g/mol. The van der Waals surface area contributed by atoms with E-state index in [0.29, 0.717) is 36.7 Å². The van der Waals surface area contributed by atoms with Crippen molar-refractivity contribution in [2.24, 2.45) is 0 Å². The Morgan fingerprint density at radius 2 is 1.83 bits per heavy atom. The number of amides is 1. The van der Waals surface area contributed by atoms with E-state index in [9.17, 15) is 18.0 Å². The molecular weight excluding hydrogens is 383 g/mol. The largest absolute Gasteiger partial charge is 0.421 e. The predicted octanol–water partition coefficient (Wildman–Crippen LogP) is 4.19. The normalized spacial score (nSPS) is 11.3. The second kappa shape index (κ2) is 8.72. The fraction of sp³-hybridized carbons (Fsp3) is 0.190. The molecule has 1 aromatic heterocycles. The van der Waals surface area contributed by atoms with Crippen LogP contribution < -0.4 is 5.32 Å². The summed E-state index contributed by atoms with van der Waals surface area (Å²) in [5, 5.41) is 10.7. The van der Waals surface area contributed by atoms with Crippen LogP contribution in [0.1, 0.15) is 22.6 Å². The smallest absolute Gasteiger partial charge is 0.416 e. The zero-order valence-electron chi connectivity index (χ0n) is 15.4. The van der Waals surface area contributed by atoms with Gasteiger partial charge in [0.2, 0.25) is 17.7 Å². The van der Waals surface area contributed by atoms with Gasteiger partial charge in [0.15, 0.2) is 0 Å². The summed E-state index contributed by atoms with van der Waals surface area (Å²) in [6.07, 6.45) is -2.40. The van der Waals surface area contributed by atoms with Crippen molar-refractivity contribution in [3.63, 3.8) is 0 Å². The van der Waals surface area contributed by atoms with Gasteiger partial charge in [0, 0.05) is 18.5 Å². The van der Waals surface area contributed by atoms with Crippen LogP contribution in [0.15, 0.2) is 65.6 Å². The van der Waals surface area contributed by atoms with Crippen molar-refractivity contribution in [3.05, 3.63) is 83.8 Å². The van der Waals surface area contributed by atoms with Crippen LogP contribution in [0.2, 0.25) is 0 Å². The number of hydrogen-bond donors (Lipinski definition) is 1. The molecule has 150 valence electrons. The molecule has 0 spiro atoms. The molecule has 2 aromatic carbocycles. The number of carbonyl (C=O) groups excluding carboxylic acids is 1. The van der Waals surface area contributed by atoms with Gasteiger partial charge < -0.3 is 9.73 Å². The molecule has 5 nitrogen and oxygen atoms in total. The van der Waals surface area contributed by atoms with Crippen LogP contribution in [0.5, 0.6) is 0 Å². The van der Waals surface area contributed by atoms with E-state index in [1.54, 1.807) is 0 Å². The summed E-state index contributed by atoms with van der Waals surface area (Å²) < 4.78 is 43.9. The highest BCUT2D eigenvalue weighted by atomic mass is 19.4. The van der Waals surface area contributed by atoms with E-state index in [1.165, 1.54) is 18.2 Å². The number of halogens is 3. The van der Waals surface area contributed by atoms with E-state index >= 15 is 0 Å². The van der Waals surface area contributed by atoms with E-state index < -0.39 is 11.7 Å². The molecule has 0 aliphatic carbocycles. The Morgan fingerprint density at radius 3 is 2.52 bits per heavy atom. The molecule has 1 heterocycles. The molecule has 1 amide bonds. The van der Waals surface area contributed by atoms with E-state index in [0.717, 1.165) is 23.3 Å². The van der Waals surface area contributed by atoms with Gasteiger partial charge in [0.25, 0.3) is 0 Å². The second-order valence-electron chi connectivity index (χ2n) is 6.27. The molecule has 0 atom stereocenters. The first-order valence-electron chi connectivity index (χ1n) is 8.84. The Morgan fingerprint density at radius 1 is 1.10 bits per heavy atom. The minimum Gasteiger partial charge on any atom is -0.421 e. The first-order valence-corrected chi connectivity index (χ1v) is 8.84. The fourth-order valence-corrected chi connectivity index (χ4v) is 2.74. The lowest BCUT2D eigenvalue weighted by Crippen LogP contribution is -2.23. The van der Waals surface area contributed by atoms with E-state index in [1.807, 2.05) is 24.3 Å². The molecule has 1 N–H and O–H groups in total. The fourth-order valence-electron chi connectivity index (χ4n) is 2.74. The molecule has 0 unspecified atom stereocenters. The molecule has 29 heavy (non-hydrogen) atoms. The van der Waals surface area contributed by atoms with Gasteiger partial charge in [-0.3, -0.25) is 4.79 Å². The molecule has 0 aliphatic heterocycles. The quantitative estimate of drug-likeness (QED) is 0.603. The van der Waals surface area contributed by atoms with Crippen LogP contribution in [0.3, 0.4) is 0 Å². The predicted molar refractivity (Wildman–Crippen MR) is 101 cm³/mol. The Balaban J connectivity index is 1.74. The van der Waals surface area contributed by atoms with Crippen LogP contribution >= 0.6 is 0 Å². The van der Waals surface area contributed by atoms with Crippen LogP contribution in [0.25, 0.3) is 11.5 Å². The minimum absolute atomic E-state index is 0.286. The lowest BCUT2D eigenvalue weighted by atomic mass is 9.99. The molecule has 8 heteroatoms. The molecule has 0 radical (unpaired) electrons. The number of rotatable bonds is 7. The number of nitrogens with zero attached hydrogens (tertiary/aromatic N) is 2. The monoisotopic (exact) mass is 401 g/mol. The van der Waals surface area contributed by atoms with Gasteiger partial charge in [0.05, 0.1) is 5.56 Å². The summed E-state index contributed by atoms with van der Waals surface area (Å²) in [7, 11) is 0. The number of nitrogens with one attached hydrogen (secondary N) is 1. The maximum absolute atomic E-state index is 12.7. The molecule has 0 bridgehead atoms. The van der Waals surface area contributed by atoms with Crippen LogP contribution in [0, 0.1) is 0 Å². The van der Waals surface area contributed by atoms with Crippen LogP contribution in [-0.2, 0) is 23.8 Å². The Hall–Kier alpha value is -3.42. The molecular formula is C21H18F3N3O2. The highest BCUT2D eigenvalue weighted by Gasteiger charge is 2.29. The van der Waals surface area contributed by atoms with Crippen molar-refractivity contribution < 1.29 is 22.4 Å². The van der Waals surface area contributed by atoms with E-state index in [4.69, 9.17) is 4.42 Å². The highest BCUT2D eigenvalue weighted by molar-refractivity contribution is 5.86. The molecule has 0 saturated heterocycles. The molecule has 0 fully saturated rings. The summed E-state index contributed by atoms with van der Waals surface area (Å²) in [4.78, 5) is 11.2. The Labute approximate surface area is 165 Å². The van der Waals surface area contributed by atoms with Crippen molar-refractivity contribution in [2.45, 2.75) is 19.0 Å². The minimum atomic E-state index is -4.36. The molecule has 3 aromatic rings. The first-order chi connectivity index (χ1) is 13.9. The number of aromatic nitrogens is 2. The van der Waals surface area contributed by atoms with Crippen molar-refractivity contribution in [2.75, 3.05) is 6.54 Å². The standard InChI is InChI=1S/C21H18F3N3O2/c1-2-18(28)25-12-11-19-26-27-20(29-19)17-6-4-3-5-15(17)13-14-7-9-16(10-8-14)21(22,23)24/h2-10H,1,11-13H2,(H,25,28). The number of alkyl halides is 3. The summed E-state index contributed by atoms with van der Waals surface area (Å²) in [5.74, 6) is 0.401. The van der Waals surface area contributed by atoms with E-state index in [-0.39, 0.29) is 5.91 Å². The van der Waals surface area contributed by atoms with Crippen molar-refractivity contribution in [3.8, 4) is 11.5 Å². The lowest BCUT2D eigenvalue weighted by molar-refractivity contribution is -0.137. The average Bonchev–Trinajstić information content (AvgIpc) is 3.16. The van der Waals surface area contributed by atoms with Crippen molar-refractivity contribution in [1.29, 1.82) is 0 Å². The van der Waals surface area contributed by atoms with Gasteiger partial charge in [-0.1, -0.05) is 36.9 Å². The highest BCUT2D eigenvalue weighted by Crippen LogP contribution is 2.30. The maximum atomic E-state index is 12.7.